The number of rotatable bonds is 7. The highest BCUT2D eigenvalue weighted by Gasteiger charge is 2.19. The van der Waals surface area contributed by atoms with Gasteiger partial charge in [0.05, 0.1) is 23.4 Å². The second kappa shape index (κ2) is 9.63. The lowest BCUT2D eigenvalue weighted by molar-refractivity contribution is -0.114. The summed E-state index contributed by atoms with van der Waals surface area (Å²) in [5.74, 6) is -0.0166. The molecule has 3 aromatic rings. The van der Waals surface area contributed by atoms with Crippen molar-refractivity contribution in [3.8, 4) is 0 Å². The number of carbonyl (C=O) groups excluding carboxylic acids is 1. The molecule has 0 saturated carbocycles. The Bertz CT molecular complexity index is 975. The van der Waals surface area contributed by atoms with Crippen LogP contribution in [0.2, 0.25) is 0 Å². The van der Waals surface area contributed by atoms with Gasteiger partial charge in [-0.2, -0.15) is 0 Å². The molecule has 0 atom stereocenters. The SMILES string of the molecule is Cc1cccc2sc(N(CCCN3CCOCC3)C(=O)/C=C/c3cccs3)nc12. The van der Waals surface area contributed by atoms with Crippen LogP contribution in [0.15, 0.2) is 41.8 Å². The molecule has 0 radical (unpaired) electrons. The van der Waals surface area contributed by atoms with Crippen LogP contribution in [-0.4, -0.2) is 55.2 Å². The number of anilines is 1. The third-order valence-corrected chi connectivity index (χ3v) is 6.88. The third kappa shape index (κ3) is 5.11. The summed E-state index contributed by atoms with van der Waals surface area (Å²) < 4.78 is 6.54. The van der Waals surface area contributed by atoms with Crippen molar-refractivity contribution in [3.05, 3.63) is 52.2 Å². The molecular weight excluding hydrogens is 402 g/mol. The van der Waals surface area contributed by atoms with Crippen LogP contribution in [0.1, 0.15) is 16.9 Å². The fraction of sp³-hybridized carbons (Fsp3) is 0.364. The molecule has 1 aromatic carbocycles. The van der Waals surface area contributed by atoms with Crippen LogP contribution in [-0.2, 0) is 9.53 Å². The molecular formula is C22H25N3O2S2. The van der Waals surface area contributed by atoms with E-state index in [-0.39, 0.29) is 5.91 Å². The maximum Gasteiger partial charge on any atom is 0.252 e. The topological polar surface area (TPSA) is 45.7 Å². The Balaban J connectivity index is 1.51. The van der Waals surface area contributed by atoms with E-state index in [1.165, 1.54) is 0 Å². The van der Waals surface area contributed by atoms with Crippen molar-refractivity contribution in [2.75, 3.05) is 44.3 Å². The molecule has 1 amide bonds. The Morgan fingerprint density at radius 3 is 2.90 bits per heavy atom. The van der Waals surface area contributed by atoms with E-state index in [2.05, 4.69) is 24.0 Å². The third-order valence-electron chi connectivity index (χ3n) is 5.00. The van der Waals surface area contributed by atoms with Gasteiger partial charge in [-0.1, -0.05) is 29.5 Å². The molecule has 152 valence electrons. The number of thiazole rings is 1. The van der Waals surface area contributed by atoms with Crippen LogP contribution in [0.4, 0.5) is 5.13 Å². The Labute approximate surface area is 179 Å². The van der Waals surface area contributed by atoms with Gasteiger partial charge in [0.15, 0.2) is 5.13 Å². The Morgan fingerprint density at radius 2 is 2.14 bits per heavy atom. The zero-order chi connectivity index (χ0) is 20.1. The number of hydrogen-bond acceptors (Lipinski definition) is 6. The predicted octanol–water partition coefficient (Wildman–Crippen LogP) is 4.43. The minimum absolute atomic E-state index is 0.0166. The fourth-order valence-corrected chi connectivity index (χ4v) is 5.09. The number of fused-ring (bicyclic) bond motifs is 1. The predicted molar refractivity (Wildman–Crippen MR) is 122 cm³/mol. The maximum atomic E-state index is 13.1. The number of ether oxygens (including phenoxy) is 1. The molecule has 1 aliphatic heterocycles. The molecule has 4 rings (SSSR count). The average Bonchev–Trinajstić information content (AvgIpc) is 3.41. The molecule has 2 aromatic heterocycles. The van der Waals surface area contributed by atoms with Crippen LogP contribution < -0.4 is 4.90 Å². The van der Waals surface area contributed by atoms with Gasteiger partial charge < -0.3 is 4.74 Å². The van der Waals surface area contributed by atoms with Gasteiger partial charge in [0.2, 0.25) is 0 Å². The lowest BCUT2D eigenvalue weighted by atomic mass is 10.2. The van der Waals surface area contributed by atoms with Gasteiger partial charge in [0.25, 0.3) is 5.91 Å². The van der Waals surface area contributed by atoms with Gasteiger partial charge in [-0.25, -0.2) is 4.98 Å². The first-order chi connectivity index (χ1) is 14.2. The van der Waals surface area contributed by atoms with Crippen molar-refractivity contribution in [2.45, 2.75) is 13.3 Å². The normalized spacial score (nSPS) is 15.3. The van der Waals surface area contributed by atoms with Crippen LogP contribution in [0, 0.1) is 6.92 Å². The number of hydrogen-bond donors (Lipinski definition) is 0. The molecule has 5 nitrogen and oxygen atoms in total. The van der Waals surface area contributed by atoms with Gasteiger partial charge in [0.1, 0.15) is 0 Å². The highest BCUT2D eigenvalue weighted by molar-refractivity contribution is 7.22. The number of morpholine rings is 1. The molecule has 3 heterocycles. The summed E-state index contributed by atoms with van der Waals surface area (Å²) >= 11 is 3.21. The van der Waals surface area contributed by atoms with E-state index in [0.29, 0.717) is 6.54 Å². The largest absolute Gasteiger partial charge is 0.379 e. The number of benzene rings is 1. The molecule has 0 aliphatic carbocycles. The summed E-state index contributed by atoms with van der Waals surface area (Å²) in [4.78, 5) is 23.2. The molecule has 0 bridgehead atoms. The van der Waals surface area contributed by atoms with E-state index >= 15 is 0 Å². The maximum absolute atomic E-state index is 13.1. The number of thiophene rings is 1. The monoisotopic (exact) mass is 427 g/mol. The summed E-state index contributed by atoms with van der Waals surface area (Å²) in [6.07, 6.45) is 4.47. The first-order valence-electron chi connectivity index (χ1n) is 9.90. The smallest absolute Gasteiger partial charge is 0.252 e. The summed E-state index contributed by atoms with van der Waals surface area (Å²) in [7, 11) is 0. The van der Waals surface area contributed by atoms with Gasteiger partial charge >= 0.3 is 0 Å². The molecule has 0 spiro atoms. The van der Waals surface area contributed by atoms with E-state index in [1.54, 1.807) is 28.7 Å². The molecule has 7 heteroatoms. The van der Waals surface area contributed by atoms with E-state index in [0.717, 1.165) is 65.1 Å². The molecule has 1 fully saturated rings. The summed E-state index contributed by atoms with van der Waals surface area (Å²) in [5.41, 5.74) is 2.13. The first-order valence-corrected chi connectivity index (χ1v) is 11.6. The van der Waals surface area contributed by atoms with Crippen molar-refractivity contribution < 1.29 is 9.53 Å². The Hall–Kier alpha value is -2.06. The molecule has 0 N–H and O–H groups in total. The van der Waals surface area contributed by atoms with Crippen molar-refractivity contribution in [1.82, 2.24) is 9.88 Å². The van der Waals surface area contributed by atoms with Crippen LogP contribution in [0.5, 0.6) is 0 Å². The number of aryl methyl sites for hydroxylation is 1. The standard InChI is InChI=1S/C22H25N3O2S2/c1-17-5-2-7-19-21(17)23-22(29-19)25(11-4-10-24-12-14-27-15-13-24)20(26)9-8-18-6-3-16-28-18/h2-3,5-9,16H,4,10-15H2,1H3/b9-8+. The van der Waals surface area contributed by atoms with E-state index in [9.17, 15) is 4.79 Å². The van der Waals surface area contributed by atoms with E-state index in [4.69, 9.17) is 9.72 Å². The summed E-state index contributed by atoms with van der Waals surface area (Å²) in [6.45, 7) is 7.20. The fourth-order valence-electron chi connectivity index (χ4n) is 3.40. The van der Waals surface area contributed by atoms with Crippen LogP contribution >= 0.6 is 22.7 Å². The van der Waals surface area contributed by atoms with Crippen LogP contribution in [0.3, 0.4) is 0 Å². The number of para-hydroxylation sites is 1. The quantitative estimate of drug-likeness (QED) is 0.523. The lowest BCUT2D eigenvalue weighted by Crippen LogP contribution is -2.39. The van der Waals surface area contributed by atoms with Gasteiger partial charge in [-0.15, -0.1) is 11.3 Å². The summed E-state index contributed by atoms with van der Waals surface area (Å²) in [6, 6.07) is 10.2. The highest BCUT2D eigenvalue weighted by atomic mass is 32.1. The molecule has 1 saturated heterocycles. The van der Waals surface area contributed by atoms with Crippen LogP contribution in [0.25, 0.3) is 16.3 Å². The first kappa shape index (κ1) is 20.2. The Morgan fingerprint density at radius 1 is 1.28 bits per heavy atom. The van der Waals surface area contributed by atoms with Gasteiger partial charge in [0, 0.05) is 37.1 Å². The Kier molecular flexibility index (Phi) is 6.71. The second-order valence-corrected chi connectivity index (χ2v) is 9.05. The second-order valence-electron chi connectivity index (χ2n) is 7.06. The lowest BCUT2D eigenvalue weighted by Gasteiger charge is -2.27. The van der Waals surface area contributed by atoms with Crippen molar-refractivity contribution >= 4 is 50.0 Å². The van der Waals surface area contributed by atoms with Crippen molar-refractivity contribution in [3.63, 3.8) is 0 Å². The van der Waals surface area contributed by atoms with Gasteiger partial charge in [-0.3, -0.25) is 14.6 Å². The number of nitrogens with zero attached hydrogens (tertiary/aromatic N) is 3. The zero-order valence-corrected chi connectivity index (χ0v) is 18.2. The minimum Gasteiger partial charge on any atom is -0.379 e. The van der Waals surface area contributed by atoms with Crippen molar-refractivity contribution in [1.29, 1.82) is 0 Å². The highest BCUT2D eigenvalue weighted by Crippen LogP contribution is 2.31. The molecule has 0 unspecified atom stereocenters. The number of carbonyl (C=O) groups is 1. The van der Waals surface area contributed by atoms with E-state index in [1.807, 2.05) is 34.6 Å². The minimum atomic E-state index is -0.0166. The zero-order valence-electron chi connectivity index (χ0n) is 16.5. The van der Waals surface area contributed by atoms with Crippen molar-refractivity contribution in [2.24, 2.45) is 0 Å². The molecule has 29 heavy (non-hydrogen) atoms. The number of amides is 1. The molecule has 1 aliphatic rings. The average molecular weight is 428 g/mol. The summed E-state index contributed by atoms with van der Waals surface area (Å²) in [5, 5.41) is 2.79. The van der Waals surface area contributed by atoms with Gasteiger partial charge in [-0.05, 0) is 42.5 Å². The van der Waals surface area contributed by atoms with E-state index < -0.39 is 0 Å². The number of aromatic nitrogens is 1.